The summed E-state index contributed by atoms with van der Waals surface area (Å²) >= 11 is 5.90. The second kappa shape index (κ2) is 5.36. The summed E-state index contributed by atoms with van der Waals surface area (Å²) in [6.45, 7) is 4.43. The smallest absolute Gasteiger partial charge is 0.102 e. The van der Waals surface area contributed by atoms with Gasteiger partial charge in [-0.15, -0.1) is 0 Å². The molecular weight excluding hydrogens is 238 g/mol. The number of hydrogen-bond donors (Lipinski definition) is 2. The van der Waals surface area contributed by atoms with E-state index in [-0.39, 0.29) is 0 Å². The molecule has 1 atom stereocenters. The third-order valence-corrected chi connectivity index (χ3v) is 3.39. The van der Waals surface area contributed by atoms with Crippen LogP contribution in [0.5, 0.6) is 0 Å². The van der Waals surface area contributed by atoms with Crippen LogP contribution in [0.2, 0.25) is 5.02 Å². The number of aliphatic hydroxyl groups is 1. The summed E-state index contributed by atoms with van der Waals surface area (Å²) in [4.78, 5) is 0. The van der Waals surface area contributed by atoms with Crippen molar-refractivity contribution in [3.05, 3.63) is 34.3 Å². The Bertz CT molecular complexity index is 389. The highest BCUT2D eigenvalue weighted by molar-refractivity contribution is 6.30. The van der Waals surface area contributed by atoms with Crippen LogP contribution >= 0.6 is 11.6 Å². The normalized spacial score (nSPS) is 24.2. The van der Waals surface area contributed by atoms with E-state index >= 15 is 0 Å². The van der Waals surface area contributed by atoms with Crippen LogP contribution in [0.25, 0.3) is 0 Å². The molecule has 0 aromatic heterocycles. The predicted octanol–water partition coefficient (Wildman–Crippen LogP) is 1.89. The number of hydrogen-bond acceptors (Lipinski definition) is 3. The molecule has 0 spiro atoms. The van der Waals surface area contributed by atoms with Gasteiger partial charge in [-0.05, 0) is 30.2 Å². The Morgan fingerprint density at radius 3 is 3.00 bits per heavy atom. The first-order chi connectivity index (χ1) is 8.09. The molecule has 1 aliphatic heterocycles. The highest BCUT2D eigenvalue weighted by atomic mass is 35.5. The number of halogens is 1. The zero-order chi connectivity index (χ0) is 12.3. The molecule has 1 heterocycles. The maximum Gasteiger partial charge on any atom is 0.102 e. The summed E-state index contributed by atoms with van der Waals surface area (Å²) in [5.41, 5.74) is 1.68. The number of benzene rings is 1. The molecular formula is C13H18ClNO2. The largest absolute Gasteiger partial charge is 0.386 e. The van der Waals surface area contributed by atoms with Gasteiger partial charge in [0.1, 0.15) is 5.60 Å². The van der Waals surface area contributed by atoms with Crippen molar-refractivity contribution in [2.45, 2.75) is 25.5 Å². The van der Waals surface area contributed by atoms with Gasteiger partial charge in [0, 0.05) is 31.1 Å². The summed E-state index contributed by atoms with van der Waals surface area (Å²) in [5.74, 6) is 0. The van der Waals surface area contributed by atoms with Gasteiger partial charge in [0.2, 0.25) is 0 Å². The van der Waals surface area contributed by atoms with E-state index < -0.39 is 5.60 Å². The van der Waals surface area contributed by atoms with E-state index in [1.807, 2.05) is 25.1 Å². The summed E-state index contributed by atoms with van der Waals surface area (Å²) in [5, 5.41) is 14.1. The fraction of sp³-hybridized carbons (Fsp3) is 0.538. The second-order valence-electron chi connectivity index (χ2n) is 4.70. The van der Waals surface area contributed by atoms with E-state index in [1.54, 1.807) is 0 Å². The lowest BCUT2D eigenvalue weighted by Gasteiger charge is -2.21. The first-order valence-corrected chi connectivity index (χ1v) is 6.23. The first-order valence-electron chi connectivity index (χ1n) is 5.85. The topological polar surface area (TPSA) is 41.5 Å². The molecule has 1 aromatic rings. The van der Waals surface area contributed by atoms with E-state index in [4.69, 9.17) is 16.3 Å². The number of ether oxygens (including phenoxy) is 1. The average Bonchev–Trinajstić information content (AvgIpc) is 2.69. The molecule has 1 saturated heterocycles. The van der Waals surface area contributed by atoms with Gasteiger partial charge in [0.15, 0.2) is 0 Å². The molecule has 4 heteroatoms. The standard InChI is InChI=1S/C13H18ClNO2/c1-10-6-12(14)3-2-11(10)7-15-8-13(16)4-5-17-9-13/h2-3,6,15-16H,4-5,7-9H2,1H3/t13-/m0/s1. The third kappa shape index (κ3) is 3.42. The van der Waals surface area contributed by atoms with Crippen molar-refractivity contribution < 1.29 is 9.84 Å². The number of nitrogens with one attached hydrogen (secondary N) is 1. The molecule has 3 nitrogen and oxygen atoms in total. The van der Waals surface area contributed by atoms with E-state index in [9.17, 15) is 5.11 Å². The van der Waals surface area contributed by atoms with E-state index in [0.29, 0.717) is 26.2 Å². The van der Waals surface area contributed by atoms with Crippen molar-refractivity contribution in [1.82, 2.24) is 5.32 Å². The van der Waals surface area contributed by atoms with Gasteiger partial charge in [-0.25, -0.2) is 0 Å². The van der Waals surface area contributed by atoms with Crippen LogP contribution in [-0.2, 0) is 11.3 Å². The van der Waals surface area contributed by atoms with Crippen LogP contribution < -0.4 is 5.32 Å². The highest BCUT2D eigenvalue weighted by Crippen LogP contribution is 2.18. The van der Waals surface area contributed by atoms with E-state index in [1.165, 1.54) is 11.1 Å². The van der Waals surface area contributed by atoms with Crippen molar-refractivity contribution in [3.63, 3.8) is 0 Å². The van der Waals surface area contributed by atoms with Crippen molar-refractivity contribution in [2.24, 2.45) is 0 Å². The molecule has 1 fully saturated rings. The van der Waals surface area contributed by atoms with Crippen LogP contribution in [0.1, 0.15) is 17.5 Å². The fourth-order valence-corrected chi connectivity index (χ4v) is 2.25. The Labute approximate surface area is 107 Å². The molecule has 17 heavy (non-hydrogen) atoms. The SMILES string of the molecule is Cc1cc(Cl)ccc1CNC[C@@]1(O)CCOC1. The molecule has 0 aliphatic carbocycles. The quantitative estimate of drug-likeness (QED) is 0.863. The lowest BCUT2D eigenvalue weighted by Crippen LogP contribution is -2.40. The van der Waals surface area contributed by atoms with E-state index in [2.05, 4.69) is 5.32 Å². The lowest BCUT2D eigenvalue weighted by molar-refractivity contribution is 0.0268. The van der Waals surface area contributed by atoms with Gasteiger partial charge < -0.3 is 15.2 Å². The predicted molar refractivity (Wildman–Crippen MR) is 68.3 cm³/mol. The molecule has 1 aliphatic rings. The zero-order valence-corrected chi connectivity index (χ0v) is 10.8. The zero-order valence-electron chi connectivity index (χ0n) is 10.0. The van der Waals surface area contributed by atoms with Gasteiger partial charge >= 0.3 is 0 Å². The average molecular weight is 256 g/mol. The first kappa shape index (κ1) is 12.8. The third-order valence-electron chi connectivity index (χ3n) is 3.16. The summed E-state index contributed by atoms with van der Waals surface area (Å²) in [6.07, 6.45) is 0.708. The molecule has 0 unspecified atom stereocenters. The highest BCUT2D eigenvalue weighted by Gasteiger charge is 2.31. The minimum Gasteiger partial charge on any atom is -0.386 e. The number of rotatable bonds is 4. The van der Waals surface area contributed by atoms with Crippen molar-refractivity contribution >= 4 is 11.6 Å². The Kier molecular flexibility index (Phi) is 4.05. The molecule has 2 rings (SSSR count). The Morgan fingerprint density at radius 2 is 2.35 bits per heavy atom. The minimum atomic E-state index is -0.694. The second-order valence-corrected chi connectivity index (χ2v) is 5.14. The van der Waals surface area contributed by atoms with Gasteiger partial charge in [0.25, 0.3) is 0 Å². The number of aryl methyl sites for hydroxylation is 1. The van der Waals surface area contributed by atoms with Gasteiger partial charge in [0.05, 0.1) is 6.61 Å². The van der Waals surface area contributed by atoms with Gasteiger partial charge in [-0.2, -0.15) is 0 Å². The van der Waals surface area contributed by atoms with Crippen LogP contribution in [0.3, 0.4) is 0 Å². The Hall–Kier alpha value is -0.610. The molecule has 0 saturated carbocycles. The fourth-order valence-electron chi connectivity index (χ4n) is 2.02. The molecule has 0 radical (unpaired) electrons. The monoisotopic (exact) mass is 255 g/mol. The van der Waals surface area contributed by atoms with Crippen LogP contribution in [-0.4, -0.2) is 30.5 Å². The van der Waals surface area contributed by atoms with Gasteiger partial charge in [-0.1, -0.05) is 17.7 Å². The van der Waals surface area contributed by atoms with Crippen molar-refractivity contribution in [2.75, 3.05) is 19.8 Å². The molecule has 1 aromatic carbocycles. The van der Waals surface area contributed by atoms with Crippen LogP contribution in [0.15, 0.2) is 18.2 Å². The molecule has 94 valence electrons. The van der Waals surface area contributed by atoms with Crippen molar-refractivity contribution in [3.8, 4) is 0 Å². The summed E-state index contributed by atoms with van der Waals surface area (Å²) < 4.78 is 5.19. The minimum absolute atomic E-state index is 0.430. The Morgan fingerprint density at radius 1 is 1.53 bits per heavy atom. The van der Waals surface area contributed by atoms with Gasteiger partial charge in [-0.3, -0.25) is 0 Å². The van der Waals surface area contributed by atoms with Crippen LogP contribution in [0, 0.1) is 6.92 Å². The Balaban J connectivity index is 1.85. The van der Waals surface area contributed by atoms with Crippen molar-refractivity contribution in [1.29, 1.82) is 0 Å². The summed E-state index contributed by atoms with van der Waals surface area (Å²) in [7, 11) is 0. The summed E-state index contributed by atoms with van der Waals surface area (Å²) in [6, 6.07) is 5.85. The molecule has 0 bridgehead atoms. The molecule has 0 amide bonds. The maximum atomic E-state index is 10.1. The maximum absolute atomic E-state index is 10.1. The van der Waals surface area contributed by atoms with E-state index in [0.717, 1.165) is 11.6 Å². The van der Waals surface area contributed by atoms with Crippen LogP contribution in [0.4, 0.5) is 0 Å². The lowest BCUT2D eigenvalue weighted by atomic mass is 10.0. The molecule has 2 N–H and O–H groups in total.